The molecule has 1 aromatic carbocycles. The van der Waals surface area contributed by atoms with Crippen LogP contribution in [0.1, 0.15) is 10.4 Å². The average Bonchev–Trinajstić information content (AvgIpc) is 2.31. The fourth-order valence-corrected chi connectivity index (χ4v) is 3.01. The van der Waals surface area contributed by atoms with Crippen LogP contribution in [-0.2, 0) is 13.8 Å². The third-order valence-corrected chi connectivity index (χ3v) is 4.37. The van der Waals surface area contributed by atoms with Gasteiger partial charge in [0.2, 0.25) is 0 Å². The van der Waals surface area contributed by atoms with E-state index < -0.39 is 19.9 Å². The number of methoxy groups -OCH3 is 1. The van der Waals surface area contributed by atoms with E-state index in [-0.39, 0.29) is 22.2 Å². The van der Waals surface area contributed by atoms with E-state index in [0.29, 0.717) is 6.61 Å². The summed E-state index contributed by atoms with van der Waals surface area (Å²) in [4.78, 5) is 11.4. The minimum absolute atomic E-state index is 0.0460. The molecule has 0 spiro atoms. The summed E-state index contributed by atoms with van der Waals surface area (Å²) in [5.41, 5.74) is 0.0460. The molecule has 0 bridgehead atoms. The largest absolute Gasteiger partial charge is 0.383 e. The number of carbonyl (C=O) groups excluding carboxylic acids is 1. The first-order chi connectivity index (χ1) is 8.77. The summed E-state index contributed by atoms with van der Waals surface area (Å²) in [5.74, 6) is -0.503. The van der Waals surface area contributed by atoms with Crippen molar-refractivity contribution in [2.24, 2.45) is 0 Å². The number of hydrogen-bond acceptors (Lipinski definition) is 4. The number of benzene rings is 1. The first kappa shape index (κ1) is 16.5. The lowest BCUT2D eigenvalue weighted by molar-refractivity contribution is 0.0937. The van der Waals surface area contributed by atoms with Crippen molar-refractivity contribution in [3.8, 4) is 0 Å². The van der Waals surface area contributed by atoms with Gasteiger partial charge in [0.25, 0.3) is 15.0 Å². The van der Waals surface area contributed by atoms with Crippen molar-refractivity contribution in [2.75, 3.05) is 20.3 Å². The van der Waals surface area contributed by atoms with Crippen molar-refractivity contribution in [1.82, 2.24) is 5.32 Å². The molecule has 0 aliphatic heterocycles. The van der Waals surface area contributed by atoms with E-state index in [9.17, 15) is 13.2 Å². The second-order valence-electron chi connectivity index (χ2n) is 3.46. The molecule has 0 unspecified atom stereocenters. The normalized spacial score (nSPS) is 11.4. The minimum atomic E-state index is -4.09. The maximum absolute atomic E-state index is 11.8. The van der Waals surface area contributed by atoms with Gasteiger partial charge in [-0.25, -0.2) is 8.42 Å². The van der Waals surface area contributed by atoms with Gasteiger partial charge >= 0.3 is 0 Å². The Labute approximate surface area is 125 Å². The number of nitrogens with one attached hydrogen (secondary N) is 1. The third kappa shape index (κ3) is 4.50. The second kappa shape index (κ2) is 6.76. The van der Waals surface area contributed by atoms with Crippen LogP contribution in [0.4, 0.5) is 0 Å². The van der Waals surface area contributed by atoms with Crippen LogP contribution in [0.15, 0.2) is 17.0 Å². The molecule has 0 atom stereocenters. The van der Waals surface area contributed by atoms with Gasteiger partial charge in [-0.15, -0.1) is 0 Å². The monoisotopic (exact) mass is 345 g/mol. The number of rotatable bonds is 5. The Morgan fingerprint density at radius 3 is 2.53 bits per heavy atom. The van der Waals surface area contributed by atoms with Crippen LogP contribution in [0.25, 0.3) is 0 Å². The Kier molecular flexibility index (Phi) is 5.88. The van der Waals surface area contributed by atoms with E-state index in [1.54, 1.807) is 0 Å². The number of hydrogen-bond donors (Lipinski definition) is 1. The summed E-state index contributed by atoms with van der Waals surface area (Å²) in [5, 5.41) is 2.23. The van der Waals surface area contributed by atoms with Gasteiger partial charge in [-0.1, -0.05) is 23.2 Å². The molecule has 1 rings (SSSR count). The van der Waals surface area contributed by atoms with Crippen LogP contribution in [0.5, 0.6) is 0 Å². The Bertz CT molecular complexity index is 589. The number of ether oxygens (including phenoxy) is 1. The highest BCUT2D eigenvalue weighted by molar-refractivity contribution is 8.13. The molecule has 1 amide bonds. The number of carbonyl (C=O) groups is 1. The lowest BCUT2D eigenvalue weighted by atomic mass is 10.2. The summed E-state index contributed by atoms with van der Waals surface area (Å²) in [7, 11) is 2.62. The molecule has 0 radical (unpaired) electrons. The molecule has 0 aliphatic carbocycles. The summed E-state index contributed by atoms with van der Waals surface area (Å²) < 4.78 is 27.4. The van der Waals surface area contributed by atoms with E-state index in [4.69, 9.17) is 38.6 Å². The Hall–Kier alpha value is -0.530. The van der Waals surface area contributed by atoms with Crippen LogP contribution in [-0.4, -0.2) is 34.6 Å². The highest BCUT2D eigenvalue weighted by Crippen LogP contribution is 2.32. The molecule has 19 heavy (non-hydrogen) atoms. The highest BCUT2D eigenvalue weighted by Gasteiger charge is 2.20. The summed E-state index contributed by atoms with van der Waals surface area (Å²) in [6, 6.07) is 2.33. The van der Waals surface area contributed by atoms with Crippen molar-refractivity contribution in [1.29, 1.82) is 0 Å². The van der Waals surface area contributed by atoms with Crippen LogP contribution in [0, 0.1) is 0 Å². The quantitative estimate of drug-likeness (QED) is 0.656. The van der Waals surface area contributed by atoms with Gasteiger partial charge in [-0.05, 0) is 12.1 Å². The molecule has 0 aliphatic rings. The zero-order valence-corrected chi connectivity index (χ0v) is 12.8. The molecule has 1 aromatic rings. The molecule has 106 valence electrons. The third-order valence-electron chi connectivity index (χ3n) is 2.11. The van der Waals surface area contributed by atoms with E-state index in [1.807, 2.05) is 0 Å². The average molecular weight is 347 g/mol. The molecule has 0 saturated heterocycles. The van der Waals surface area contributed by atoms with Gasteiger partial charge < -0.3 is 10.1 Å². The molecule has 5 nitrogen and oxygen atoms in total. The summed E-state index contributed by atoms with van der Waals surface area (Å²) >= 11 is 11.5. The summed E-state index contributed by atoms with van der Waals surface area (Å²) in [6.07, 6.45) is 0. The second-order valence-corrected chi connectivity index (χ2v) is 6.78. The zero-order chi connectivity index (χ0) is 14.6. The molecule has 0 aromatic heterocycles. The number of amides is 1. The van der Waals surface area contributed by atoms with Crippen molar-refractivity contribution in [2.45, 2.75) is 4.90 Å². The minimum Gasteiger partial charge on any atom is -0.383 e. The highest BCUT2D eigenvalue weighted by atomic mass is 35.7. The molecule has 1 N–H and O–H groups in total. The maximum Gasteiger partial charge on any atom is 0.262 e. The van der Waals surface area contributed by atoms with E-state index >= 15 is 0 Å². The molecular formula is C10H10Cl3NO4S. The van der Waals surface area contributed by atoms with Gasteiger partial charge in [-0.3, -0.25) is 4.79 Å². The van der Waals surface area contributed by atoms with Gasteiger partial charge in [0.15, 0.2) is 0 Å². The van der Waals surface area contributed by atoms with E-state index in [2.05, 4.69) is 5.32 Å². The lowest BCUT2D eigenvalue weighted by Crippen LogP contribution is -2.27. The first-order valence-corrected chi connectivity index (χ1v) is 8.04. The SMILES string of the molecule is COCCNC(=O)c1cc(Cl)c(Cl)c(S(=O)(=O)Cl)c1. The molecule has 0 saturated carbocycles. The smallest absolute Gasteiger partial charge is 0.262 e. The topological polar surface area (TPSA) is 72.5 Å². The summed E-state index contributed by atoms with van der Waals surface area (Å²) in [6.45, 7) is 0.603. The Balaban J connectivity index is 3.11. The Morgan fingerprint density at radius 2 is 2.00 bits per heavy atom. The van der Waals surface area contributed by atoms with Crippen LogP contribution in [0.2, 0.25) is 10.0 Å². The van der Waals surface area contributed by atoms with Crippen molar-refractivity contribution in [3.05, 3.63) is 27.7 Å². The Morgan fingerprint density at radius 1 is 1.37 bits per heavy atom. The maximum atomic E-state index is 11.8. The van der Waals surface area contributed by atoms with Crippen molar-refractivity contribution < 1.29 is 17.9 Å². The predicted octanol–water partition coefficient (Wildman–Crippen LogP) is 2.30. The van der Waals surface area contributed by atoms with Crippen LogP contribution < -0.4 is 5.32 Å². The van der Waals surface area contributed by atoms with Crippen molar-refractivity contribution in [3.63, 3.8) is 0 Å². The lowest BCUT2D eigenvalue weighted by Gasteiger charge is -2.08. The van der Waals surface area contributed by atoms with Gasteiger partial charge in [0, 0.05) is 29.9 Å². The van der Waals surface area contributed by atoms with Crippen LogP contribution >= 0.6 is 33.9 Å². The molecule has 0 fully saturated rings. The predicted molar refractivity (Wildman–Crippen MR) is 73.7 cm³/mol. The molecule has 0 heterocycles. The number of halogens is 3. The van der Waals surface area contributed by atoms with E-state index in [1.165, 1.54) is 13.2 Å². The molecular weight excluding hydrogens is 337 g/mol. The standard InChI is InChI=1S/C10H10Cl3NO4S/c1-18-3-2-14-10(15)6-4-7(11)9(12)8(5-6)19(13,16)17/h4-5H,2-3H2,1H3,(H,14,15). The van der Waals surface area contributed by atoms with E-state index in [0.717, 1.165) is 6.07 Å². The zero-order valence-electron chi connectivity index (χ0n) is 9.74. The van der Waals surface area contributed by atoms with Crippen LogP contribution in [0.3, 0.4) is 0 Å². The van der Waals surface area contributed by atoms with Crippen molar-refractivity contribution >= 4 is 48.8 Å². The van der Waals surface area contributed by atoms with Gasteiger partial charge in [-0.2, -0.15) is 0 Å². The fourth-order valence-electron chi connectivity index (χ4n) is 1.24. The van der Waals surface area contributed by atoms with Gasteiger partial charge in [0.05, 0.1) is 16.7 Å². The fraction of sp³-hybridized carbons (Fsp3) is 0.300. The first-order valence-electron chi connectivity index (χ1n) is 4.98. The van der Waals surface area contributed by atoms with Gasteiger partial charge in [0.1, 0.15) is 4.90 Å². The molecule has 9 heteroatoms.